The molecule has 0 radical (unpaired) electrons. The molecule has 2 aromatic rings. The molecule has 0 saturated carbocycles. The summed E-state index contributed by atoms with van der Waals surface area (Å²) >= 11 is 0. The van der Waals surface area contributed by atoms with E-state index in [1.165, 1.54) is 4.52 Å². The summed E-state index contributed by atoms with van der Waals surface area (Å²) in [6.45, 7) is 6.66. The summed E-state index contributed by atoms with van der Waals surface area (Å²) in [4.78, 5) is 29.1. The van der Waals surface area contributed by atoms with Crippen LogP contribution >= 0.6 is 0 Å². The van der Waals surface area contributed by atoms with Crippen LogP contribution in [-0.4, -0.2) is 44.7 Å². The van der Waals surface area contributed by atoms with Gasteiger partial charge in [0.15, 0.2) is 5.69 Å². The Balaban J connectivity index is 2.31. The Morgan fingerprint density at radius 3 is 2.87 bits per heavy atom. The molecule has 0 N–H and O–H groups in total. The van der Waals surface area contributed by atoms with E-state index in [4.69, 9.17) is 4.74 Å². The summed E-state index contributed by atoms with van der Waals surface area (Å²) in [6.07, 6.45) is 1.78. The lowest BCUT2D eigenvalue weighted by molar-refractivity contribution is -0.383. The highest BCUT2D eigenvalue weighted by Gasteiger charge is 2.33. The molecule has 0 unspecified atom stereocenters. The SMILES string of the molecule is CCOC(=O)c1nc2c([N+](=O)[O-])cnn2c2c1CCN2C(C)C. The fraction of sp³-hybridized carbons (Fsp3) is 0.500. The van der Waals surface area contributed by atoms with Crippen molar-refractivity contribution in [2.75, 3.05) is 18.1 Å². The van der Waals surface area contributed by atoms with Gasteiger partial charge in [-0.3, -0.25) is 10.1 Å². The molecule has 0 fully saturated rings. The molecule has 3 heterocycles. The van der Waals surface area contributed by atoms with Crippen LogP contribution in [0, 0.1) is 10.1 Å². The highest BCUT2D eigenvalue weighted by atomic mass is 16.6. The lowest BCUT2D eigenvalue weighted by atomic mass is 10.2. The number of carbonyl (C=O) groups excluding carboxylic acids is 1. The minimum Gasteiger partial charge on any atom is -0.461 e. The number of anilines is 1. The third kappa shape index (κ3) is 2.28. The molecule has 0 aromatic carbocycles. The van der Waals surface area contributed by atoms with Gasteiger partial charge in [-0.2, -0.15) is 9.61 Å². The molecule has 0 spiro atoms. The van der Waals surface area contributed by atoms with E-state index in [9.17, 15) is 14.9 Å². The average Bonchev–Trinajstić information content (AvgIpc) is 3.09. The molecular formula is C14H17N5O4. The van der Waals surface area contributed by atoms with Crippen molar-refractivity contribution in [3.63, 3.8) is 0 Å². The highest BCUT2D eigenvalue weighted by Crippen LogP contribution is 2.34. The van der Waals surface area contributed by atoms with Gasteiger partial charge in [-0.25, -0.2) is 9.78 Å². The van der Waals surface area contributed by atoms with E-state index in [0.29, 0.717) is 18.8 Å². The van der Waals surface area contributed by atoms with E-state index >= 15 is 0 Å². The van der Waals surface area contributed by atoms with Gasteiger partial charge < -0.3 is 9.64 Å². The van der Waals surface area contributed by atoms with Gasteiger partial charge in [0.1, 0.15) is 12.0 Å². The minimum atomic E-state index is -0.563. The van der Waals surface area contributed by atoms with E-state index in [1.807, 2.05) is 13.8 Å². The Kier molecular flexibility index (Phi) is 3.63. The number of nitro groups is 1. The topological polar surface area (TPSA) is 103 Å². The van der Waals surface area contributed by atoms with Gasteiger partial charge in [0.25, 0.3) is 0 Å². The Morgan fingerprint density at radius 1 is 1.52 bits per heavy atom. The number of carbonyl (C=O) groups is 1. The van der Waals surface area contributed by atoms with Gasteiger partial charge in [-0.1, -0.05) is 0 Å². The second-order valence-corrected chi connectivity index (χ2v) is 5.54. The first-order valence-electron chi connectivity index (χ1n) is 7.44. The normalized spacial score (nSPS) is 13.7. The summed E-state index contributed by atoms with van der Waals surface area (Å²) in [7, 11) is 0. The Hall–Kier alpha value is -2.71. The maximum absolute atomic E-state index is 12.2. The van der Waals surface area contributed by atoms with E-state index in [2.05, 4.69) is 15.0 Å². The Bertz CT molecular complexity index is 798. The molecule has 0 atom stereocenters. The molecule has 9 heteroatoms. The molecule has 0 amide bonds. The molecule has 9 nitrogen and oxygen atoms in total. The lowest BCUT2D eigenvalue weighted by Gasteiger charge is -2.24. The molecule has 23 heavy (non-hydrogen) atoms. The van der Waals surface area contributed by atoms with Gasteiger partial charge in [0.2, 0.25) is 5.65 Å². The number of hydrogen-bond acceptors (Lipinski definition) is 7. The smallest absolute Gasteiger partial charge is 0.357 e. The van der Waals surface area contributed by atoms with Crippen LogP contribution in [0.2, 0.25) is 0 Å². The first-order chi connectivity index (χ1) is 11.0. The molecule has 1 aliphatic rings. The van der Waals surface area contributed by atoms with Gasteiger partial charge in [-0.05, 0) is 27.2 Å². The van der Waals surface area contributed by atoms with E-state index in [-0.39, 0.29) is 29.7 Å². The fourth-order valence-corrected chi connectivity index (χ4v) is 2.86. The van der Waals surface area contributed by atoms with Crippen molar-refractivity contribution in [1.82, 2.24) is 14.6 Å². The van der Waals surface area contributed by atoms with Gasteiger partial charge in [0.05, 0.1) is 11.5 Å². The summed E-state index contributed by atoms with van der Waals surface area (Å²) < 4.78 is 6.50. The average molecular weight is 319 g/mol. The summed E-state index contributed by atoms with van der Waals surface area (Å²) in [6, 6.07) is 0.167. The predicted octanol–water partition coefficient (Wildman–Crippen LogP) is 1.59. The second kappa shape index (κ2) is 5.49. The summed E-state index contributed by atoms with van der Waals surface area (Å²) in [5, 5.41) is 15.3. The monoisotopic (exact) mass is 319 g/mol. The van der Waals surface area contributed by atoms with Crippen molar-refractivity contribution in [3.05, 3.63) is 27.6 Å². The number of nitrogens with zero attached hydrogens (tertiary/aromatic N) is 5. The lowest BCUT2D eigenvalue weighted by Crippen LogP contribution is -2.30. The first kappa shape index (κ1) is 15.2. The Morgan fingerprint density at radius 2 is 2.26 bits per heavy atom. The van der Waals surface area contributed by atoms with Crippen molar-refractivity contribution in [3.8, 4) is 0 Å². The van der Waals surface area contributed by atoms with Crippen LogP contribution in [0.5, 0.6) is 0 Å². The van der Waals surface area contributed by atoms with E-state index < -0.39 is 10.9 Å². The molecule has 0 saturated heterocycles. The molecule has 122 valence electrons. The summed E-state index contributed by atoms with van der Waals surface area (Å²) in [5.74, 6) is 0.119. The largest absolute Gasteiger partial charge is 0.461 e. The van der Waals surface area contributed by atoms with Gasteiger partial charge >= 0.3 is 11.7 Å². The van der Waals surface area contributed by atoms with Crippen LogP contribution in [0.25, 0.3) is 5.65 Å². The van der Waals surface area contributed by atoms with Crippen molar-refractivity contribution in [1.29, 1.82) is 0 Å². The zero-order chi connectivity index (χ0) is 16.7. The van der Waals surface area contributed by atoms with Gasteiger partial charge in [-0.15, -0.1) is 0 Å². The quantitative estimate of drug-likeness (QED) is 0.479. The summed E-state index contributed by atoms with van der Waals surface area (Å²) in [5.41, 5.74) is 0.696. The van der Waals surface area contributed by atoms with Crippen molar-refractivity contribution >= 4 is 23.1 Å². The van der Waals surface area contributed by atoms with E-state index in [1.54, 1.807) is 6.92 Å². The van der Waals surface area contributed by atoms with Crippen LogP contribution in [0.15, 0.2) is 6.20 Å². The standard InChI is InChI=1S/C14H17N5O4/c1-4-23-14(20)11-9-5-6-17(8(2)3)13(9)18-12(16-11)10(7-15-18)19(21)22/h7-8H,4-6H2,1-3H3. The number of esters is 1. The maximum atomic E-state index is 12.2. The second-order valence-electron chi connectivity index (χ2n) is 5.54. The van der Waals surface area contributed by atoms with Crippen LogP contribution in [0.3, 0.4) is 0 Å². The minimum absolute atomic E-state index is 0.0596. The number of ether oxygens (including phenoxy) is 1. The third-order valence-corrected chi connectivity index (χ3v) is 3.86. The molecular weight excluding hydrogens is 302 g/mol. The number of fused-ring (bicyclic) bond motifs is 3. The maximum Gasteiger partial charge on any atom is 0.357 e. The molecule has 0 aliphatic carbocycles. The zero-order valence-corrected chi connectivity index (χ0v) is 13.1. The van der Waals surface area contributed by atoms with E-state index in [0.717, 1.165) is 11.8 Å². The molecule has 0 bridgehead atoms. The number of aromatic nitrogens is 3. The predicted molar refractivity (Wildman–Crippen MR) is 81.8 cm³/mol. The Labute approximate surface area is 132 Å². The molecule has 1 aliphatic heterocycles. The van der Waals surface area contributed by atoms with Crippen LogP contribution in [-0.2, 0) is 11.2 Å². The fourth-order valence-electron chi connectivity index (χ4n) is 2.86. The molecule has 2 aromatic heterocycles. The molecule has 3 rings (SSSR count). The first-order valence-corrected chi connectivity index (χ1v) is 7.44. The number of rotatable bonds is 4. The highest BCUT2D eigenvalue weighted by molar-refractivity contribution is 5.92. The van der Waals surface area contributed by atoms with Crippen molar-refractivity contribution in [2.24, 2.45) is 0 Å². The van der Waals surface area contributed by atoms with Crippen molar-refractivity contribution < 1.29 is 14.5 Å². The van der Waals surface area contributed by atoms with Crippen LogP contribution < -0.4 is 4.90 Å². The van der Waals surface area contributed by atoms with Crippen molar-refractivity contribution in [2.45, 2.75) is 33.2 Å². The van der Waals surface area contributed by atoms with Crippen LogP contribution in [0.1, 0.15) is 36.8 Å². The van der Waals surface area contributed by atoms with Crippen LogP contribution in [0.4, 0.5) is 11.5 Å². The third-order valence-electron chi connectivity index (χ3n) is 3.86. The van der Waals surface area contributed by atoms with Gasteiger partial charge in [0, 0.05) is 18.2 Å². The number of hydrogen-bond donors (Lipinski definition) is 0. The zero-order valence-electron chi connectivity index (χ0n) is 13.1.